The van der Waals surface area contributed by atoms with Crippen molar-refractivity contribution >= 4 is 11.4 Å². The van der Waals surface area contributed by atoms with Crippen LogP contribution in [0.15, 0.2) is 53.3 Å². The zero-order valence-corrected chi connectivity index (χ0v) is 16.5. The second-order valence-corrected chi connectivity index (χ2v) is 6.83. The van der Waals surface area contributed by atoms with E-state index in [9.17, 15) is 0 Å². The Balaban J connectivity index is 1.73. The van der Waals surface area contributed by atoms with Crippen molar-refractivity contribution in [2.75, 3.05) is 11.4 Å². The Morgan fingerprint density at radius 1 is 1.00 bits per heavy atom. The van der Waals surface area contributed by atoms with Crippen LogP contribution in [0.4, 0.5) is 11.4 Å². The third kappa shape index (κ3) is 3.17. The highest BCUT2D eigenvalue weighted by molar-refractivity contribution is 5.76. The molecule has 6 heteroatoms. The minimum atomic E-state index is 0.770. The van der Waals surface area contributed by atoms with Crippen LogP contribution in [0.5, 0.6) is 0 Å². The molecule has 28 heavy (non-hydrogen) atoms. The van der Waals surface area contributed by atoms with Crippen molar-refractivity contribution in [1.82, 2.24) is 20.3 Å². The molecule has 0 aliphatic rings. The summed E-state index contributed by atoms with van der Waals surface area (Å²) < 4.78 is 5.36. The molecule has 0 radical (unpaired) electrons. The van der Waals surface area contributed by atoms with Crippen LogP contribution in [0.1, 0.15) is 23.9 Å². The van der Waals surface area contributed by atoms with Gasteiger partial charge >= 0.3 is 0 Å². The largest absolute Gasteiger partial charge is 0.361 e. The molecule has 0 aliphatic carbocycles. The lowest BCUT2D eigenvalue weighted by atomic mass is 10.0. The lowest BCUT2D eigenvalue weighted by Gasteiger charge is -2.26. The maximum absolute atomic E-state index is 5.36. The quantitative estimate of drug-likeness (QED) is 0.520. The van der Waals surface area contributed by atoms with Gasteiger partial charge < -0.3 is 9.42 Å². The predicted octanol–water partition coefficient (Wildman–Crippen LogP) is 5.21. The lowest BCUT2D eigenvalue weighted by molar-refractivity contribution is 0.393. The number of anilines is 2. The lowest BCUT2D eigenvalue weighted by Crippen LogP contribution is -2.17. The van der Waals surface area contributed by atoms with Crippen molar-refractivity contribution in [2.45, 2.75) is 27.7 Å². The minimum absolute atomic E-state index is 0.770. The fourth-order valence-electron chi connectivity index (χ4n) is 3.59. The summed E-state index contributed by atoms with van der Waals surface area (Å²) in [6.07, 6.45) is 1.52. The average molecular weight is 373 g/mol. The molecule has 0 bridgehead atoms. The van der Waals surface area contributed by atoms with Gasteiger partial charge in [-0.15, -0.1) is 0 Å². The molecule has 0 atom stereocenters. The van der Waals surface area contributed by atoms with Gasteiger partial charge in [-0.25, -0.2) is 4.98 Å². The summed E-state index contributed by atoms with van der Waals surface area (Å²) in [6.45, 7) is 9.08. The molecule has 2 aromatic carbocycles. The molecule has 0 unspecified atom stereocenters. The standard InChI is InChI=1S/C22H23N5O/c1-5-27(19-10-8-17(9-11-19)22-23-13-24-25-22)20-12-18(7-6-14(20)2)21-15(3)26-28-16(21)4/h6-13H,5H2,1-4H3,(H,23,24,25). The number of hydrogen-bond donors (Lipinski definition) is 1. The molecule has 4 rings (SSSR count). The van der Waals surface area contributed by atoms with Gasteiger partial charge in [-0.05, 0) is 69.2 Å². The van der Waals surface area contributed by atoms with Gasteiger partial charge in [0, 0.05) is 29.0 Å². The van der Waals surface area contributed by atoms with E-state index in [1.807, 2.05) is 13.8 Å². The number of nitrogens with zero attached hydrogens (tertiary/aromatic N) is 4. The molecule has 0 saturated carbocycles. The molecule has 2 heterocycles. The summed E-state index contributed by atoms with van der Waals surface area (Å²) in [4.78, 5) is 6.52. The normalized spacial score (nSPS) is 11.0. The highest BCUT2D eigenvalue weighted by Gasteiger charge is 2.16. The van der Waals surface area contributed by atoms with Crippen molar-refractivity contribution in [3.05, 3.63) is 65.8 Å². The van der Waals surface area contributed by atoms with Gasteiger partial charge in [0.15, 0.2) is 5.82 Å². The number of aromatic nitrogens is 4. The Bertz CT molecular complexity index is 1060. The van der Waals surface area contributed by atoms with Crippen LogP contribution in [-0.2, 0) is 0 Å². The Morgan fingerprint density at radius 2 is 1.75 bits per heavy atom. The molecule has 6 nitrogen and oxygen atoms in total. The molecule has 1 N–H and O–H groups in total. The van der Waals surface area contributed by atoms with Crippen molar-refractivity contribution in [2.24, 2.45) is 0 Å². The summed E-state index contributed by atoms with van der Waals surface area (Å²) in [7, 11) is 0. The van der Waals surface area contributed by atoms with E-state index in [0.717, 1.165) is 46.2 Å². The van der Waals surface area contributed by atoms with Gasteiger partial charge in [-0.2, -0.15) is 5.10 Å². The van der Waals surface area contributed by atoms with E-state index >= 15 is 0 Å². The zero-order valence-electron chi connectivity index (χ0n) is 16.5. The van der Waals surface area contributed by atoms with E-state index < -0.39 is 0 Å². The summed E-state index contributed by atoms with van der Waals surface area (Å²) in [5, 5.41) is 10.9. The first-order valence-corrected chi connectivity index (χ1v) is 9.35. The first-order chi connectivity index (χ1) is 13.6. The van der Waals surface area contributed by atoms with Gasteiger partial charge in [0.25, 0.3) is 0 Å². The molecule has 0 aliphatic heterocycles. The third-order valence-electron chi connectivity index (χ3n) is 5.01. The Morgan fingerprint density at radius 3 is 2.36 bits per heavy atom. The first-order valence-electron chi connectivity index (χ1n) is 9.35. The van der Waals surface area contributed by atoms with Crippen LogP contribution < -0.4 is 4.90 Å². The highest BCUT2D eigenvalue weighted by atomic mass is 16.5. The summed E-state index contributed by atoms with van der Waals surface area (Å²) in [5.41, 5.74) is 7.63. The molecule has 0 spiro atoms. The molecular formula is C22H23N5O. The van der Waals surface area contributed by atoms with E-state index in [4.69, 9.17) is 4.52 Å². The molecule has 4 aromatic rings. The van der Waals surface area contributed by atoms with Gasteiger partial charge in [0.1, 0.15) is 12.1 Å². The van der Waals surface area contributed by atoms with Crippen molar-refractivity contribution in [1.29, 1.82) is 0 Å². The predicted molar refractivity (Wildman–Crippen MR) is 111 cm³/mol. The fraction of sp³-hybridized carbons (Fsp3) is 0.227. The van der Waals surface area contributed by atoms with E-state index in [1.165, 1.54) is 17.6 Å². The summed E-state index contributed by atoms with van der Waals surface area (Å²) >= 11 is 0. The topological polar surface area (TPSA) is 70.8 Å². The second kappa shape index (κ2) is 7.31. The van der Waals surface area contributed by atoms with Gasteiger partial charge in [-0.3, -0.25) is 5.10 Å². The van der Waals surface area contributed by atoms with E-state index in [-0.39, 0.29) is 0 Å². The number of H-pyrrole nitrogens is 1. The first kappa shape index (κ1) is 18.0. The van der Waals surface area contributed by atoms with E-state index in [1.54, 1.807) is 0 Å². The monoisotopic (exact) mass is 373 g/mol. The average Bonchev–Trinajstić information content (AvgIpc) is 3.35. The van der Waals surface area contributed by atoms with E-state index in [0.29, 0.717) is 0 Å². The number of rotatable bonds is 5. The van der Waals surface area contributed by atoms with Crippen LogP contribution in [0.3, 0.4) is 0 Å². The number of benzene rings is 2. The molecule has 0 saturated heterocycles. The zero-order chi connectivity index (χ0) is 19.7. The highest BCUT2D eigenvalue weighted by Crippen LogP contribution is 2.35. The molecule has 2 aromatic heterocycles. The van der Waals surface area contributed by atoms with Gasteiger partial charge in [-0.1, -0.05) is 17.3 Å². The fourth-order valence-corrected chi connectivity index (χ4v) is 3.59. The van der Waals surface area contributed by atoms with Gasteiger partial charge in [0.2, 0.25) is 0 Å². The summed E-state index contributed by atoms with van der Waals surface area (Å²) in [5.74, 6) is 1.61. The second-order valence-electron chi connectivity index (χ2n) is 6.83. The van der Waals surface area contributed by atoms with Gasteiger partial charge in [0.05, 0.1) is 5.69 Å². The number of nitrogens with one attached hydrogen (secondary N) is 1. The molecule has 142 valence electrons. The van der Waals surface area contributed by atoms with Crippen LogP contribution in [0.25, 0.3) is 22.5 Å². The SMILES string of the molecule is CCN(c1ccc(-c2ncn[nH]2)cc1)c1cc(-c2c(C)noc2C)ccc1C. The van der Waals surface area contributed by atoms with Crippen LogP contribution in [0, 0.1) is 20.8 Å². The smallest absolute Gasteiger partial charge is 0.155 e. The molecular weight excluding hydrogens is 350 g/mol. The van der Waals surface area contributed by atoms with Crippen LogP contribution >= 0.6 is 0 Å². The number of aryl methyl sites for hydroxylation is 3. The van der Waals surface area contributed by atoms with Crippen molar-refractivity contribution < 1.29 is 4.52 Å². The van der Waals surface area contributed by atoms with E-state index in [2.05, 4.69) is 81.5 Å². The minimum Gasteiger partial charge on any atom is -0.361 e. The third-order valence-corrected chi connectivity index (χ3v) is 5.01. The van der Waals surface area contributed by atoms with Crippen molar-refractivity contribution in [3.63, 3.8) is 0 Å². The molecule has 0 fully saturated rings. The summed E-state index contributed by atoms with van der Waals surface area (Å²) in [6, 6.07) is 14.9. The Kier molecular flexibility index (Phi) is 4.69. The maximum Gasteiger partial charge on any atom is 0.155 e. The number of hydrogen-bond acceptors (Lipinski definition) is 5. The van der Waals surface area contributed by atoms with Crippen molar-refractivity contribution in [3.8, 4) is 22.5 Å². The van der Waals surface area contributed by atoms with Crippen LogP contribution in [-0.4, -0.2) is 26.9 Å². The number of aromatic amines is 1. The Labute approximate surface area is 164 Å². The Hall–Kier alpha value is -3.41. The van der Waals surface area contributed by atoms with Crippen LogP contribution in [0.2, 0.25) is 0 Å². The maximum atomic E-state index is 5.36. The molecule has 0 amide bonds.